The van der Waals surface area contributed by atoms with Crippen LogP contribution in [0.2, 0.25) is 19.6 Å². The van der Waals surface area contributed by atoms with Crippen molar-refractivity contribution in [2.75, 3.05) is 0 Å². The molecular formula is C15H28O2Si. The molecule has 0 aliphatic heterocycles. The van der Waals surface area contributed by atoms with Gasteiger partial charge in [-0.3, -0.25) is 0 Å². The van der Waals surface area contributed by atoms with Crippen LogP contribution >= 0.6 is 0 Å². The van der Waals surface area contributed by atoms with Crippen LogP contribution in [0, 0.1) is 0 Å². The summed E-state index contributed by atoms with van der Waals surface area (Å²) in [5.41, 5.74) is 2.65. The Hall–Kier alpha value is -0.703. The fraction of sp³-hybridized carbons (Fsp3) is 0.733. The lowest BCUT2D eigenvalue weighted by Gasteiger charge is -2.28. The first-order valence-corrected chi connectivity index (χ1v) is 10.5. The lowest BCUT2D eigenvalue weighted by molar-refractivity contribution is 0.0528. The second-order valence-corrected chi connectivity index (χ2v) is 10.6. The van der Waals surface area contributed by atoms with Crippen molar-refractivity contribution in [1.29, 1.82) is 0 Å². The molecule has 0 radical (unpaired) electrons. The van der Waals surface area contributed by atoms with E-state index < -0.39 is 8.32 Å². The van der Waals surface area contributed by atoms with Crippen LogP contribution in [-0.4, -0.2) is 14.4 Å². The largest absolute Gasteiger partial charge is 0.520 e. The molecule has 0 heterocycles. The molecule has 1 aliphatic carbocycles. The van der Waals surface area contributed by atoms with Crippen molar-refractivity contribution in [3.05, 3.63) is 23.2 Å². The summed E-state index contributed by atoms with van der Waals surface area (Å²) in [6.45, 7) is 13.0. The molecule has 0 bridgehead atoms. The Bertz CT molecular complexity index is 337. The van der Waals surface area contributed by atoms with E-state index in [1.807, 2.05) is 0 Å². The first-order chi connectivity index (χ1) is 8.31. The molecule has 0 spiro atoms. The molecule has 0 aromatic heterocycles. The minimum absolute atomic E-state index is 0.201. The standard InChI is InChI=1S/C15H28O2Si/c1-7-13(3)15(17-18(4,5)6)16-14-10-8-9-12(2)11-14/h11,14H,7-10H2,1-6H3/b15-13+/t14-/m1/s1. The topological polar surface area (TPSA) is 18.5 Å². The Labute approximate surface area is 113 Å². The molecular weight excluding hydrogens is 240 g/mol. The molecule has 1 aliphatic rings. The molecule has 0 aromatic rings. The fourth-order valence-electron chi connectivity index (χ4n) is 1.93. The van der Waals surface area contributed by atoms with Crippen LogP contribution in [0.25, 0.3) is 0 Å². The highest BCUT2D eigenvalue weighted by Gasteiger charge is 2.22. The third-order valence-electron chi connectivity index (χ3n) is 3.07. The van der Waals surface area contributed by atoms with Crippen LogP contribution in [0.4, 0.5) is 0 Å². The Morgan fingerprint density at radius 2 is 2.06 bits per heavy atom. The molecule has 0 N–H and O–H groups in total. The van der Waals surface area contributed by atoms with Gasteiger partial charge >= 0.3 is 0 Å². The van der Waals surface area contributed by atoms with E-state index in [0.717, 1.165) is 18.8 Å². The van der Waals surface area contributed by atoms with Crippen LogP contribution in [-0.2, 0) is 9.16 Å². The predicted octanol–water partition coefficient (Wildman–Crippen LogP) is 4.99. The van der Waals surface area contributed by atoms with Crippen molar-refractivity contribution in [3.63, 3.8) is 0 Å². The fourth-order valence-corrected chi connectivity index (χ4v) is 2.71. The van der Waals surface area contributed by atoms with Crippen molar-refractivity contribution in [2.24, 2.45) is 0 Å². The molecule has 0 fully saturated rings. The van der Waals surface area contributed by atoms with E-state index in [9.17, 15) is 0 Å². The van der Waals surface area contributed by atoms with E-state index in [4.69, 9.17) is 9.16 Å². The van der Waals surface area contributed by atoms with Crippen LogP contribution < -0.4 is 0 Å². The molecule has 1 atom stereocenters. The van der Waals surface area contributed by atoms with Crippen molar-refractivity contribution in [3.8, 4) is 0 Å². The highest BCUT2D eigenvalue weighted by molar-refractivity contribution is 6.70. The molecule has 0 saturated heterocycles. The molecule has 0 unspecified atom stereocenters. The minimum Gasteiger partial charge on any atom is -0.520 e. The first kappa shape index (κ1) is 15.4. The lowest BCUT2D eigenvalue weighted by atomic mass is 9.99. The number of ether oxygens (including phenoxy) is 1. The van der Waals surface area contributed by atoms with Gasteiger partial charge in [0.25, 0.3) is 5.95 Å². The van der Waals surface area contributed by atoms with Gasteiger partial charge in [-0.15, -0.1) is 0 Å². The predicted molar refractivity (Wildman–Crippen MR) is 79.9 cm³/mol. The van der Waals surface area contributed by atoms with Gasteiger partial charge in [-0.2, -0.15) is 0 Å². The van der Waals surface area contributed by atoms with E-state index in [-0.39, 0.29) is 6.10 Å². The zero-order chi connectivity index (χ0) is 13.8. The Morgan fingerprint density at radius 3 is 2.56 bits per heavy atom. The van der Waals surface area contributed by atoms with Gasteiger partial charge in [-0.05, 0) is 65.2 Å². The lowest BCUT2D eigenvalue weighted by Crippen LogP contribution is -2.28. The van der Waals surface area contributed by atoms with E-state index in [1.165, 1.54) is 24.0 Å². The highest BCUT2D eigenvalue weighted by atomic mass is 28.4. The van der Waals surface area contributed by atoms with Gasteiger partial charge in [-0.1, -0.05) is 12.5 Å². The maximum Gasteiger partial charge on any atom is 0.264 e. The zero-order valence-electron chi connectivity index (χ0n) is 12.8. The normalized spacial score (nSPS) is 22.1. The van der Waals surface area contributed by atoms with Gasteiger partial charge in [0.15, 0.2) is 0 Å². The summed E-state index contributed by atoms with van der Waals surface area (Å²) in [5.74, 6) is 0.785. The van der Waals surface area contributed by atoms with Gasteiger partial charge in [-0.25, -0.2) is 0 Å². The number of rotatable bonds is 5. The Morgan fingerprint density at radius 1 is 1.39 bits per heavy atom. The van der Waals surface area contributed by atoms with Crippen LogP contribution in [0.1, 0.15) is 46.5 Å². The quantitative estimate of drug-likeness (QED) is 0.397. The zero-order valence-corrected chi connectivity index (χ0v) is 13.8. The van der Waals surface area contributed by atoms with Gasteiger partial charge < -0.3 is 9.16 Å². The summed E-state index contributed by atoms with van der Waals surface area (Å²) in [6, 6.07) is 0. The first-order valence-electron chi connectivity index (χ1n) is 7.04. The molecule has 104 valence electrons. The molecule has 18 heavy (non-hydrogen) atoms. The summed E-state index contributed by atoms with van der Waals surface area (Å²) in [4.78, 5) is 0. The molecule has 1 rings (SSSR count). The molecule has 0 aromatic carbocycles. The molecule has 2 nitrogen and oxygen atoms in total. The Kier molecular flexibility index (Phi) is 5.51. The number of hydrogen-bond acceptors (Lipinski definition) is 2. The van der Waals surface area contributed by atoms with Crippen LogP contribution in [0.15, 0.2) is 23.2 Å². The SMILES string of the molecule is CC/C(C)=C(\O[C@H]1C=C(C)CCC1)O[Si](C)(C)C. The summed E-state index contributed by atoms with van der Waals surface area (Å²) in [7, 11) is -1.60. The summed E-state index contributed by atoms with van der Waals surface area (Å²) in [6.07, 6.45) is 6.97. The third kappa shape index (κ3) is 5.30. The molecule has 3 heteroatoms. The van der Waals surface area contributed by atoms with Gasteiger partial charge in [0, 0.05) is 5.57 Å². The molecule has 0 saturated carbocycles. The van der Waals surface area contributed by atoms with Crippen molar-refractivity contribution < 1.29 is 9.16 Å². The minimum atomic E-state index is -1.60. The van der Waals surface area contributed by atoms with E-state index >= 15 is 0 Å². The second kappa shape index (κ2) is 6.46. The third-order valence-corrected chi connectivity index (χ3v) is 3.86. The van der Waals surface area contributed by atoms with E-state index in [2.05, 4.69) is 46.5 Å². The van der Waals surface area contributed by atoms with Gasteiger partial charge in [0.05, 0.1) is 0 Å². The van der Waals surface area contributed by atoms with Crippen molar-refractivity contribution in [2.45, 2.75) is 72.2 Å². The van der Waals surface area contributed by atoms with Crippen molar-refractivity contribution in [1.82, 2.24) is 0 Å². The van der Waals surface area contributed by atoms with Crippen molar-refractivity contribution >= 4 is 8.32 Å². The highest BCUT2D eigenvalue weighted by Crippen LogP contribution is 2.25. The maximum absolute atomic E-state index is 6.11. The van der Waals surface area contributed by atoms with E-state index in [1.54, 1.807) is 0 Å². The van der Waals surface area contributed by atoms with Crippen LogP contribution in [0.3, 0.4) is 0 Å². The summed E-state index contributed by atoms with van der Waals surface area (Å²) in [5, 5.41) is 0. The number of allylic oxidation sites excluding steroid dienone is 2. The van der Waals surface area contributed by atoms with Gasteiger partial charge in [0.2, 0.25) is 8.32 Å². The van der Waals surface area contributed by atoms with Gasteiger partial charge in [0.1, 0.15) is 6.10 Å². The Balaban J connectivity index is 2.77. The second-order valence-electron chi connectivity index (χ2n) is 6.20. The number of hydrogen-bond donors (Lipinski definition) is 0. The maximum atomic E-state index is 6.11. The average Bonchev–Trinajstić information content (AvgIpc) is 2.25. The average molecular weight is 268 g/mol. The molecule has 0 amide bonds. The summed E-state index contributed by atoms with van der Waals surface area (Å²) < 4.78 is 12.2. The monoisotopic (exact) mass is 268 g/mol. The summed E-state index contributed by atoms with van der Waals surface area (Å²) >= 11 is 0. The van der Waals surface area contributed by atoms with E-state index in [0.29, 0.717) is 0 Å². The van der Waals surface area contributed by atoms with Crippen LogP contribution in [0.5, 0.6) is 0 Å². The smallest absolute Gasteiger partial charge is 0.264 e.